The Kier molecular flexibility index (Phi) is 4.67. The summed E-state index contributed by atoms with van der Waals surface area (Å²) in [5.74, 6) is 1.11. The van der Waals surface area contributed by atoms with Gasteiger partial charge in [0.05, 0.1) is 5.75 Å². The van der Waals surface area contributed by atoms with E-state index < -0.39 is 10.0 Å². The highest BCUT2D eigenvalue weighted by Crippen LogP contribution is 2.34. The summed E-state index contributed by atoms with van der Waals surface area (Å²) in [4.78, 5) is 0. The molecule has 0 aromatic carbocycles. The Hall–Kier alpha value is -0.130. The number of sulfonamides is 1. The van der Waals surface area contributed by atoms with Crippen LogP contribution in [0.5, 0.6) is 0 Å². The average molecular weight is 274 g/mol. The van der Waals surface area contributed by atoms with Gasteiger partial charge in [0.1, 0.15) is 0 Å². The summed E-state index contributed by atoms with van der Waals surface area (Å²) in [6.45, 7) is 5.34. The fourth-order valence-electron chi connectivity index (χ4n) is 2.87. The van der Waals surface area contributed by atoms with Crippen molar-refractivity contribution < 1.29 is 8.42 Å². The van der Waals surface area contributed by atoms with E-state index in [-0.39, 0.29) is 5.75 Å². The zero-order valence-electron chi connectivity index (χ0n) is 11.6. The lowest BCUT2D eigenvalue weighted by atomic mass is 10.0. The van der Waals surface area contributed by atoms with E-state index in [4.69, 9.17) is 0 Å². The molecule has 2 aliphatic rings. The normalized spacial score (nSPS) is 25.2. The van der Waals surface area contributed by atoms with Gasteiger partial charge in [-0.1, -0.05) is 6.92 Å². The molecule has 1 atom stereocenters. The molecule has 1 heterocycles. The Morgan fingerprint density at radius 2 is 1.78 bits per heavy atom. The van der Waals surface area contributed by atoms with Gasteiger partial charge in [0.25, 0.3) is 0 Å². The van der Waals surface area contributed by atoms with Gasteiger partial charge in [-0.3, -0.25) is 0 Å². The van der Waals surface area contributed by atoms with Crippen LogP contribution in [0.3, 0.4) is 0 Å². The zero-order valence-corrected chi connectivity index (χ0v) is 12.4. The first kappa shape index (κ1) is 14.3. The summed E-state index contributed by atoms with van der Waals surface area (Å²) in [5, 5.41) is 3.74. The summed E-state index contributed by atoms with van der Waals surface area (Å²) in [6, 6.07) is 1.17. The topological polar surface area (TPSA) is 49.4 Å². The van der Waals surface area contributed by atoms with Crippen LogP contribution in [0, 0.1) is 5.92 Å². The molecule has 1 aliphatic heterocycles. The molecule has 1 aliphatic carbocycles. The quantitative estimate of drug-likeness (QED) is 0.800. The van der Waals surface area contributed by atoms with Gasteiger partial charge in [0.2, 0.25) is 10.0 Å². The van der Waals surface area contributed by atoms with Gasteiger partial charge in [-0.2, -0.15) is 0 Å². The molecule has 1 unspecified atom stereocenters. The third kappa shape index (κ3) is 3.45. The predicted molar refractivity (Wildman–Crippen MR) is 74.0 cm³/mol. The summed E-state index contributed by atoms with van der Waals surface area (Å²) >= 11 is 0. The van der Waals surface area contributed by atoms with Crippen molar-refractivity contribution in [2.24, 2.45) is 5.92 Å². The highest BCUT2D eigenvalue weighted by molar-refractivity contribution is 7.89. The molecule has 0 spiro atoms. The van der Waals surface area contributed by atoms with Crippen LogP contribution < -0.4 is 5.32 Å². The molecule has 0 aromatic heterocycles. The molecule has 2 fully saturated rings. The van der Waals surface area contributed by atoms with Crippen molar-refractivity contribution in [1.82, 2.24) is 9.62 Å². The standard InChI is InChI=1S/C13H26N2O2S/c1-3-13(11-5-6-11)14-12-7-9-15(10-8-12)18(16,17)4-2/h11-14H,3-10H2,1-2H3. The lowest BCUT2D eigenvalue weighted by Gasteiger charge is -2.33. The molecule has 0 amide bonds. The molecular formula is C13H26N2O2S. The van der Waals surface area contributed by atoms with Gasteiger partial charge in [0, 0.05) is 25.2 Å². The first-order chi connectivity index (χ1) is 8.56. The second-order valence-electron chi connectivity index (χ2n) is 5.59. The van der Waals surface area contributed by atoms with Crippen LogP contribution in [0.15, 0.2) is 0 Å². The van der Waals surface area contributed by atoms with E-state index in [9.17, 15) is 8.42 Å². The second-order valence-corrected chi connectivity index (χ2v) is 7.85. The van der Waals surface area contributed by atoms with Crippen molar-refractivity contribution in [2.45, 2.75) is 58.0 Å². The molecule has 0 aromatic rings. The average Bonchev–Trinajstić information content (AvgIpc) is 3.21. The Morgan fingerprint density at radius 3 is 2.22 bits per heavy atom. The Bertz CT molecular complexity index is 357. The van der Waals surface area contributed by atoms with Crippen molar-refractivity contribution in [3.05, 3.63) is 0 Å². The van der Waals surface area contributed by atoms with Crippen molar-refractivity contribution in [3.8, 4) is 0 Å². The SMILES string of the molecule is CCC(NC1CCN(S(=O)(=O)CC)CC1)C1CC1. The molecular weight excluding hydrogens is 248 g/mol. The minimum Gasteiger partial charge on any atom is -0.311 e. The molecule has 4 nitrogen and oxygen atoms in total. The molecule has 0 bridgehead atoms. The number of nitrogens with zero attached hydrogens (tertiary/aromatic N) is 1. The molecule has 2 rings (SSSR count). The van der Waals surface area contributed by atoms with E-state index >= 15 is 0 Å². The largest absolute Gasteiger partial charge is 0.311 e. The van der Waals surface area contributed by atoms with Gasteiger partial charge in [0.15, 0.2) is 0 Å². The van der Waals surface area contributed by atoms with Gasteiger partial charge < -0.3 is 5.32 Å². The maximum Gasteiger partial charge on any atom is 0.213 e. The van der Waals surface area contributed by atoms with E-state index in [0.717, 1.165) is 18.8 Å². The van der Waals surface area contributed by atoms with Gasteiger partial charge in [-0.05, 0) is 44.9 Å². The monoisotopic (exact) mass is 274 g/mol. The third-order valence-electron chi connectivity index (χ3n) is 4.29. The molecule has 1 saturated carbocycles. The Labute approximate surface area is 111 Å². The Morgan fingerprint density at radius 1 is 1.17 bits per heavy atom. The van der Waals surface area contributed by atoms with Crippen molar-refractivity contribution in [2.75, 3.05) is 18.8 Å². The zero-order chi connectivity index (χ0) is 13.2. The highest BCUT2D eigenvalue weighted by Gasteiger charge is 2.33. The number of rotatable bonds is 6. The van der Waals surface area contributed by atoms with Crippen LogP contribution >= 0.6 is 0 Å². The molecule has 106 valence electrons. The summed E-state index contributed by atoms with van der Waals surface area (Å²) in [6.07, 6.45) is 5.85. The Balaban J connectivity index is 1.79. The van der Waals surface area contributed by atoms with Crippen molar-refractivity contribution in [3.63, 3.8) is 0 Å². The van der Waals surface area contributed by atoms with Crippen LogP contribution in [0.4, 0.5) is 0 Å². The fraction of sp³-hybridized carbons (Fsp3) is 1.00. The van der Waals surface area contributed by atoms with Crippen LogP contribution in [0.1, 0.15) is 46.0 Å². The first-order valence-electron chi connectivity index (χ1n) is 7.30. The van der Waals surface area contributed by atoms with E-state index in [2.05, 4.69) is 12.2 Å². The summed E-state index contributed by atoms with van der Waals surface area (Å²) in [7, 11) is -2.98. The van der Waals surface area contributed by atoms with Crippen LogP contribution in [0.2, 0.25) is 0 Å². The lowest BCUT2D eigenvalue weighted by molar-refractivity contribution is 0.263. The smallest absolute Gasteiger partial charge is 0.213 e. The number of piperidine rings is 1. The second kappa shape index (κ2) is 5.88. The minimum absolute atomic E-state index is 0.227. The number of nitrogens with one attached hydrogen (secondary N) is 1. The molecule has 0 radical (unpaired) electrons. The lowest BCUT2D eigenvalue weighted by Crippen LogP contribution is -2.48. The molecule has 1 saturated heterocycles. The van der Waals surface area contributed by atoms with Crippen LogP contribution in [-0.2, 0) is 10.0 Å². The molecule has 5 heteroatoms. The number of hydrogen-bond donors (Lipinski definition) is 1. The third-order valence-corrected chi connectivity index (χ3v) is 6.17. The van der Waals surface area contributed by atoms with E-state index in [1.165, 1.54) is 19.3 Å². The minimum atomic E-state index is -2.98. The van der Waals surface area contributed by atoms with Gasteiger partial charge in [-0.25, -0.2) is 12.7 Å². The predicted octanol–water partition coefficient (Wildman–Crippen LogP) is 1.58. The number of hydrogen-bond acceptors (Lipinski definition) is 3. The van der Waals surface area contributed by atoms with Crippen LogP contribution in [-0.4, -0.2) is 43.6 Å². The van der Waals surface area contributed by atoms with E-state index in [1.54, 1.807) is 11.2 Å². The first-order valence-corrected chi connectivity index (χ1v) is 8.91. The van der Waals surface area contributed by atoms with Gasteiger partial charge >= 0.3 is 0 Å². The maximum atomic E-state index is 11.8. The van der Waals surface area contributed by atoms with E-state index in [1.807, 2.05) is 0 Å². The van der Waals surface area contributed by atoms with Crippen molar-refractivity contribution >= 4 is 10.0 Å². The van der Waals surface area contributed by atoms with Crippen molar-refractivity contribution in [1.29, 1.82) is 0 Å². The van der Waals surface area contributed by atoms with Crippen LogP contribution in [0.25, 0.3) is 0 Å². The van der Waals surface area contributed by atoms with E-state index in [0.29, 0.717) is 25.2 Å². The van der Waals surface area contributed by atoms with Gasteiger partial charge in [-0.15, -0.1) is 0 Å². The molecule has 18 heavy (non-hydrogen) atoms. The molecule has 1 N–H and O–H groups in total. The summed E-state index contributed by atoms with van der Waals surface area (Å²) < 4.78 is 25.2. The maximum absolute atomic E-state index is 11.8. The highest BCUT2D eigenvalue weighted by atomic mass is 32.2. The summed E-state index contributed by atoms with van der Waals surface area (Å²) in [5.41, 5.74) is 0. The fourth-order valence-corrected chi connectivity index (χ4v) is 4.00.